The highest BCUT2D eigenvalue weighted by Crippen LogP contribution is 2.42. The molecule has 0 unspecified atom stereocenters. The zero-order chi connectivity index (χ0) is 18.2. The fraction of sp³-hybridized carbons (Fsp3) is 0.235. The van der Waals surface area contributed by atoms with Crippen LogP contribution in [0, 0.1) is 0 Å². The second-order valence-corrected chi connectivity index (χ2v) is 7.58. The first kappa shape index (κ1) is 17.2. The Kier molecular flexibility index (Phi) is 4.40. The van der Waals surface area contributed by atoms with Crippen LogP contribution < -0.4 is 14.8 Å². The summed E-state index contributed by atoms with van der Waals surface area (Å²) in [7, 11) is -0.711. The van der Waals surface area contributed by atoms with E-state index in [1.807, 2.05) is 0 Å². The summed E-state index contributed by atoms with van der Waals surface area (Å²) in [6.45, 7) is 0. The van der Waals surface area contributed by atoms with E-state index in [1.165, 1.54) is 32.4 Å². The van der Waals surface area contributed by atoms with Crippen molar-refractivity contribution >= 4 is 21.6 Å². The quantitative estimate of drug-likeness (QED) is 0.769. The zero-order valence-corrected chi connectivity index (χ0v) is 14.6. The Bertz CT molecular complexity index is 923. The standard InChI is InChI=1S/C17H18N2O5S/c1-18-25(22,23)11-5-3-10(4-6-11)12-8-17(21)19-14-9-15(20)16(24-2)7-13(12)14/h3-7,9,12,18,20H,8H2,1-2H3,(H,19,21)/t12-/m0/s1. The predicted molar refractivity (Wildman–Crippen MR) is 92.4 cm³/mol. The third-order valence-electron chi connectivity index (χ3n) is 4.25. The zero-order valence-electron chi connectivity index (χ0n) is 13.7. The van der Waals surface area contributed by atoms with Gasteiger partial charge in [-0.2, -0.15) is 0 Å². The third kappa shape index (κ3) is 3.18. The van der Waals surface area contributed by atoms with Crippen LogP contribution in [0.3, 0.4) is 0 Å². The highest BCUT2D eigenvalue weighted by atomic mass is 32.2. The lowest BCUT2D eigenvalue weighted by Gasteiger charge is -2.27. The molecular weight excluding hydrogens is 344 g/mol. The van der Waals surface area contributed by atoms with Crippen molar-refractivity contribution in [3.63, 3.8) is 0 Å². The first-order valence-corrected chi connectivity index (χ1v) is 9.08. The van der Waals surface area contributed by atoms with Crippen molar-refractivity contribution in [3.8, 4) is 11.5 Å². The summed E-state index contributed by atoms with van der Waals surface area (Å²) in [5, 5.41) is 12.6. The van der Waals surface area contributed by atoms with Gasteiger partial charge in [0, 0.05) is 24.1 Å². The Morgan fingerprint density at radius 3 is 2.52 bits per heavy atom. The molecule has 2 aromatic rings. The third-order valence-corrected chi connectivity index (χ3v) is 5.68. The summed E-state index contributed by atoms with van der Waals surface area (Å²) < 4.78 is 31.1. The number of benzene rings is 2. The van der Waals surface area contributed by atoms with Gasteiger partial charge >= 0.3 is 0 Å². The summed E-state index contributed by atoms with van der Waals surface area (Å²) >= 11 is 0. The molecule has 2 aromatic carbocycles. The molecule has 0 bridgehead atoms. The monoisotopic (exact) mass is 362 g/mol. The number of phenolic OH excluding ortho intramolecular Hbond substituents is 1. The van der Waals surface area contributed by atoms with Gasteiger partial charge in [0.05, 0.1) is 12.0 Å². The van der Waals surface area contributed by atoms with Crippen molar-refractivity contribution in [1.29, 1.82) is 0 Å². The molecule has 25 heavy (non-hydrogen) atoms. The van der Waals surface area contributed by atoms with Crippen LogP contribution in [0.2, 0.25) is 0 Å². The van der Waals surface area contributed by atoms with Gasteiger partial charge < -0.3 is 15.2 Å². The minimum atomic E-state index is -3.52. The van der Waals surface area contributed by atoms with E-state index >= 15 is 0 Å². The van der Waals surface area contributed by atoms with E-state index in [0.717, 1.165) is 11.1 Å². The minimum Gasteiger partial charge on any atom is -0.504 e. The number of phenols is 1. The maximum absolute atomic E-state index is 12.0. The number of sulfonamides is 1. The first-order chi connectivity index (χ1) is 11.9. The van der Waals surface area contributed by atoms with E-state index < -0.39 is 10.0 Å². The summed E-state index contributed by atoms with van der Waals surface area (Å²) in [4.78, 5) is 12.2. The average molecular weight is 362 g/mol. The summed E-state index contributed by atoms with van der Waals surface area (Å²) in [6.07, 6.45) is 0.221. The maximum atomic E-state index is 12.0. The van der Waals surface area contributed by atoms with Gasteiger partial charge in [0.2, 0.25) is 15.9 Å². The van der Waals surface area contributed by atoms with Gasteiger partial charge in [0.1, 0.15) is 0 Å². The number of carbonyl (C=O) groups is 1. The SMILES string of the molecule is CNS(=O)(=O)c1ccc([C@@H]2CC(=O)Nc3cc(O)c(OC)cc32)cc1. The molecule has 1 aliphatic heterocycles. The lowest BCUT2D eigenvalue weighted by Crippen LogP contribution is -2.23. The van der Waals surface area contributed by atoms with Crippen molar-refractivity contribution in [1.82, 2.24) is 4.72 Å². The molecule has 1 amide bonds. The fourth-order valence-electron chi connectivity index (χ4n) is 2.94. The molecular formula is C17H18N2O5S. The van der Waals surface area contributed by atoms with Crippen LogP contribution >= 0.6 is 0 Å². The Morgan fingerprint density at radius 2 is 1.92 bits per heavy atom. The molecule has 1 aliphatic rings. The number of hydrogen-bond acceptors (Lipinski definition) is 5. The number of fused-ring (bicyclic) bond motifs is 1. The number of aromatic hydroxyl groups is 1. The van der Waals surface area contributed by atoms with Gasteiger partial charge in [-0.15, -0.1) is 0 Å². The number of anilines is 1. The van der Waals surface area contributed by atoms with E-state index in [0.29, 0.717) is 11.4 Å². The number of carbonyl (C=O) groups excluding carboxylic acids is 1. The van der Waals surface area contributed by atoms with Crippen molar-refractivity contribution in [2.24, 2.45) is 0 Å². The number of nitrogens with one attached hydrogen (secondary N) is 2. The minimum absolute atomic E-state index is 0.0577. The Hall–Kier alpha value is -2.58. The molecule has 0 aliphatic carbocycles. The molecule has 0 spiro atoms. The van der Waals surface area contributed by atoms with Gasteiger partial charge in [-0.25, -0.2) is 13.1 Å². The van der Waals surface area contributed by atoms with Crippen LogP contribution in [0.25, 0.3) is 0 Å². The molecule has 0 aromatic heterocycles. The molecule has 0 fully saturated rings. The van der Waals surface area contributed by atoms with Gasteiger partial charge in [-0.1, -0.05) is 12.1 Å². The molecule has 0 radical (unpaired) electrons. The Balaban J connectivity index is 2.05. The van der Waals surface area contributed by atoms with Gasteiger partial charge in [-0.05, 0) is 36.4 Å². The molecule has 1 atom stereocenters. The average Bonchev–Trinajstić information content (AvgIpc) is 2.60. The number of methoxy groups -OCH3 is 1. The highest BCUT2D eigenvalue weighted by Gasteiger charge is 2.28. The number of rotatable bonds is 4. The molecule has 7 nitrogen and oxygen atoms in total. The Morgan fingerprint density at radius 1 is 1.24 bits per heavy atom. The van der Waals surface area contributed by atoms with E-state index in [9.17, 15) is 18.3 Å². The van der Waals surface area contributed by atoms with E-state index in [-0.39, 0.29) is 28.9 Å². The van der Waals surface area contributed by atoms with Gasteiger partial charge in [0.15, 0.2) is 11.5 Å². The van der Waals surface area contributed by atoms with Crippen LogP contribution in [0.4, 0.5) is 5.69 Å². The molecule has 1 heterocycles. The van der Waals surface area contributed by atoms with E-state index in [2.05, 4.69) is 10.0 Å². The van der Waals surface area contributed by atoms with Crippen LogP contribution in [0.15, 0.2) is 41.3 Å². The first-order valence-electron chi connectivity index (χ1n) is 7.60. The maximum Gasteiger partial charge on any atom is 0.240 e. The largest absolute Gasteiger partial charge is 0.504 e. The molecule has 3 rings (SSSR count). The van der Waals surface area contributed by atoms with Crippen LogP contribution in [-0.2, 0) is 14.8 Å². The van der Waals surface area contributed by atoms with Crippen LogP contribution in [0.5, 0.6) is 11.5 Å². The molecule has 0 saturated carbocycles. The lowest BCUT2D eigenvalue weighted by molar-refractivity contribution is -0.116. The number of hydrogen-bond donors (Lipinski definition) is 3. The molecule has 3 N–H and O–H groups in total. The van der Waals surface area contributed by atoms with E-state index in [1.54, 1.807) is 18.2 Å². The summed E-state index contributed by atoms with van der Waals surface area (Å²) in [5.41, 5.74) is 2.13. The topological polar surface area (TPSA) is 105 Å². The van der Waals surface area contributed by atoms with E-state index in [4.69, 9.17) is 4.74 Å². The van der Waals surface area contributed by atoms with Crippen molar-refractivity contribution in [3.05, 3.63) is 47.5 Å². The van der Waals surface area contributed by atoms with Crippen molar-refractivity contribution < 1.29 is 23.1 Å². The predicted octanol–water partition coefficient (Wildman–Crippen LogP) is 1.78. The summed E-state index contributed by atoms with van der Waals surface area (Å²) in [5.74, 6) is -0.175. The van der Waals surface area contributed by atoms with Gasteiger partial charge in [-0.3, -0.25) is 4.79 Å². The lowest BCUT2D eigenvalue weighted by atomic mass is 9.84. The van der Waals surface area contributed by atoms with Crippen LogP contribution in [0.1, 0.15) is 23.5 Å². The van der Waals surface area contributed by atoms with Crippen molar-refractivity contribution in [2.45, 2.75) is 17.2 Å². The summed E-state index contributed by atoms with van der Waals surface area (Å²) in [6, 6.07) is 9.54. The fourth-order valence-corrected chi connectivity index (χ4v) is 3.67. The number of ether oxygens (including phenoxy) is 1. The second kappa shape index (κ2) is 6.38. The second-order valence-electron chi connectivity index (χ2n) is 5.69. The van der Waals surface area contributed by atoms with Crippen LogP contribution in [-0.4, -0.2) is 33.6 Å². The highest BCUT2D eigenvalue weighted by molar-refractivity contribution is 7.89. The smallest absolute Gasteiger partial charge is 0.240 e. The van der Waals surface area contributed by atoms with Gasteiger partial charge in [0.25, 0.3) is 0 Å². The molecule has 0 saturated heterocycles. The normalized spacial score (nSPS) is 16.9. The van der Waals surface area contributed by atoms with Crippen molar-refractivity contribution in [2.75, 3.05) is 19.5 Å². The molecule has 8 heteroatoms. The Labute approximate surface area is 145 Å². The molecule has 132 valence electrons. The number of amides is 1.